The van der Waals surface area contributed by atoms with E-state index in [1.54, 1.807) is 22.6 Å². The summed E-state index contributed by atoms with van der Waals surface area (Å²) in [5.41, 5.74) is 2.71. The van der Waals surface area contributed by atoms with Crippen molar-refractivity contribution < 1.29 is 4.79 Å². The minimum atomic E-state index is -0.0425. The van der Waals surface area contributed by atoms with Crippen LogP contribution in [0.5, 0.6) is 0 Å². The Kier molecular flexibility index (Phi) is 4.78. The second-order valence-corrected chi connectivity index (χ2v) is 5.90. The van der Waals surface area contributed by atoms with Gasteiger partial charge in [0.25, 0.3) is 0 Å². The summed E-state index contributed by atoms with van der Waals surface area (Å²) in [7, 11) is 0. The van der Waals surface area contributed by atoms with Crippen LogP contribution in [0.3, 0.4) is 0 Å². The Hall–Kier alpha value is -2.53. The van der Waals surface area contributed by atoms with Gasteiger partial charge in [0.2, 0.25) is 5.91 Å². The molecule has 0 aliphatic rings. The fourth-order valence-corrected chi connectivity index (χ4v) is 2.85. The first-order valence-electron chi connectivity index (χ1n) is 7.28. The number of aromatic nitrogens is 2. The summed E-state index contributed by atoms with van der Waals surface area (Å²) >= 11 is 1.61. The molecule has 1 aromatic heterocycles. The zero-order chi connectivity index (χ0) is 16.1. The number of rotatable bonds is 5. The van der Waals surface area contributed by atoms with Gasteiger partial charge in [-0.1, -0.05) is 30.3 Å². The largest absolute Gasteiger partial charge is 0.325 e. The minimum absolute atomic E-state index is 0.0425. The third-order valence-electron chi connectivity index (χ3n) is 3.40. The van der Waals surface area contributed by atoms with Crippen molar-refractivity contribution in [2.24, 2.45) is 0 Å². The number of para-hydroxylation sites is 2. The Labute approximate surface area is 139 Å². The molecule has 23 heavy (non-hydrogen) atoms. The molecule has 1 heterocycles. The van der Waals surface area contributed by atoms with Gasteiger partial charge in [-0.25, -0.2) is 4.68 Å². The third kappa shape index (κ3) is 3.81. The molecule has 5 heteroatoms. The summed E-state index contributed by atoms with van der Waals surface area (Å²) in [5, 5.41) is 7.27. The lowest BCUT2D eigenvalue weighted by Crippen LogP contribution is -2.14. The van der Waals surface area contributed by atoms with Gasteiger partial charge in [-0.2, -0.15) is 5.10 Å². The van der Waals surface area contributed by atoms with E-state index in [1.165, 1.54) is 0 Å². The maximum absolute atomic E-state index is 12.2. The normalized spacial score (nSPS) is 10.5. The van der Waals surface area contributed by atoms with Crippen LogP contribution in [0.4, 0.5) is 5.69 Å². The van der Waals surface area contributed by atoms with E-state index in [2.05, 4.69) is 10.4 Å². The molecular formula is C18H17N3OS. The number of hydrogen-bond acceptors (Lipinski definition) is 3. The molecule has 4 nitrogen and oxygen atoms in total. The van der Waals surface area contributed by atoms with Crippen LogP contribution in [0.2, 0.25) is 0 Å². The van der Waals surface area contributed by atoms with E-state index in [1.807, 2.05) is 67.0 Å². The first kappa shape index (κ1) is 15.4. The zero-order valence-electron chi connectivity index (χ0n) is 12.8. The molecule has 116 valence electrons. The van der Waals surface area contributed by atoms with E-state index in [4.69, 9.17) is 0 Å². The highest BCUT2D eigenvalue weighted by Gasteiger charge is 2.09. The van der Waals surface area contributed by atoms with Gasteiger partial charge in [-0.3, -0.25) is 4.79 Å². The Morgan fingerprint density at radius 2 is 1.87 bits per heavy atom. The zero-order valence-corrected chi connectivity index (χ0v) is 13.6. The highest BCUT2D eigenvalue weighted by Crippen LogP contribution is 2.24. The van der Waals surface area contributed by atoms with Crippen LogP contribution in [0.25, 0.3) is 5.69 Å². The first-order valence-corrected chi connectivity index (χ1v) is 8.50. The number of hydrogen-bond donors (Lipinski definition) is 1. The molecule has 3 rings (SSSR count). The number of nitrogens with one attached hydrogen (secondary N) is 1. The van der Waals surface area contributed by atoms with E-state index < -0.39 is 0 Å². The lowest BCUT2D eigenvalue weighted by Gasteiger charge is -2.08. The van der Waals surface area contributed by atoms with E-state index >= 15 is 0 Å². The Morgan fingerprint density at radius 1 is 1.13 bits per heavy atom. The SMILES string of the molecule is CSc1ccccc1NC(=O)Cc1cnn(-c2ccccc2)c1. The summed E-state index contributed by atoms with van der Waals surface area (Å²) in [5.74, 6) is -0.0425. The lowest BCUT2D eigenvalue weighted by molar-refractivity contribution is -0.115. The molecule has 0 aliphatic carbocycles. The van der Waals surface area contributed by atoms with Crippen molar-refractivity contribution in [1.82, 2.24) is 9.78 Å². The first-order chi connectivity index (χ1) is 11.3. The standard InChI is InChI=1S/C18H17N3OS/c1-23-17-10-6-5-9-16(17)20-18(22)11-14-12-19-21(13-14)15-7-3-2-4-8-15/h2-10,12-13H,11H2,1H3,(H,20,22). The molecule has 0 unspecified atom stereocenters. The molecule has 1 N–H and O–H groups in total. The van der Waals surface area contributed by atoms with Gasteiger partial charge >= 0.3 is 0 Å². The molecule has 3 aromatic rings. The number of amides is 1. The molecule has 2 aromatic carbocycles. The van der Waals surface area contributed by atoms with Crippen molar-refractivity contribution in [1.29, 1.82) is 0 Å². The van der Waals surface area contributed by atoms with Crippen molar-refractivity contribution in [3.8, 4) is 5.69 Å². The van der Waals surface area contributed by atoms with Crippen molar-refractivity contribution in [2.75, 3.05) is 11.6 Å². The van der Waals surface area contributed by atoms with Gasteiger partial charge < -0.3 is 5.32 Å². The summed E-state index contributed by atoms with van der Waals surface area (Å²) in [6.45, 7) is 0. The van der Waals surface area contributed by atoms with Crippen LogP contribution in [-0.2, 0) is 11.2 Å². The maximum atomic E-state index is 12.2. The predicted octanol–water partition coefficient (Wildman–Crippen LogP) is 3.78. The highest BCUT2D eigenvalue weighted by molar-refractivity contribution is 7.98. The van der Waals surface area contributed by atoms with Gasteiger partial charge in [0, 0.05) is 11.1 Å². The van der Waals surface area contributed by atoms with Crippen molar-refractivity contribution in [3.05, 3.63) is 72.6 Å². The molecule has 0 saturated heterocycles. The van der Waals surface area contributed by atoms with Gasteiger partial charge in [0.15, 0.2) is 0 Å². The monoisotopic (exact) mass is 323 g/mol. The maximum Gasteiger partial charge on any atom is 0.228 e. The minimum Gasteiger partial charge on any atom is -0.325 e. The van der Waals surface area contributed by atoms with Crippen LogP contribution in [0, 0.1) is 0 Å². The second kappa shape index (κ2) is 7.15. The van der Waals surface area contributed by atoms with Crippen LogP contribution in [0.1, 0.15) is 5.56 Å². The lowest BCUT2D eigenvalue weighted by atomic mass is 10.2. The highest BCUT2D eigenvalue weighted by atomic mass is 32.2. The number of carbonyl (C=O) groups excluding carboxylic acids is 1. The second-order valence-electron chi connectivity index (χ2n) is 5.05. The van der Waals surface area contributed by atoms with Gasteiger partial charge in [0.05, 0.1) is 24.0 Å². The van der Waals surface area contributed by atoms with Gasteiger partial charge in [0.1, 0.15) is 0 Å². The van der Waals surface area contributed by atoms with E-state index in [-0.39, 0.29) is 5.91 Å². The topological polar surface area (TPSA) is 46.9 Å². The van der Waals surface area contributed by atoms with E-state index in [0.717, 1.165) is 21.8 Å². The Balaban J connectivity index is 1.68. The van der Waals surface area contributed by atoms with Crippen LogP contribution in [-0.4, -0.2) is 21.9 Å². The van der Waals surface area contributed by atoms with Gasteiger partial charge in [-0.15, -0.1) is 11.8 Å². The number of carbonyl (C=O) groups is 1. The van der Waals surface area contributed by atoms with Crippen molar-refractivity contribution in [3.63, 3.8) is 0 Å². The van der Waals surface area contributed by atoms with E-state index in [0.29, 0.717) is 6.42 Å². The Morgan fingerprint density at radius 3 is 2.65 bits per heavy atom. The van der Waals surface area contributed by atoms with Crippen LogP contribution >= 0.6 is 11.8 Å². The summed E-state index contributed by atoms with van der Waals surface area (Å²) in [6.07, 6.45) is 5.91. The van der Waals surface area contributed by atoms with Crippen molar-refractivity contribution in [2.45, 2.75) is 11.3 Å². The van der Waals surface area contributed by atoms with Crippen molar-refractivity contribution >= 4 is 23.4 Å². The average molecular weight is 323 g/mol. The molecule has 0 atom stereocenters. The number of thioether (sulfide) groups is 1. The fourth-order valence-electron chi connectivity index (χ4n) is 2.30. The van der Waals surface area contributed by atoms with E-state index in [9.17, 15) is 4.79 Å². The number of anilines is 1. The smallest absolute Gasteiger partial charge is 0.228 e. The molecule has 0 saturated carbocycles. The third-order valence-corrected chi connectivity index (χ3v) is 4.20. The fraction of sp³-hybridized carbons (Fsp3) is 0.111. The number of nitrogens with zero attached hydrogens (tertiary/aromatic N) is 2. The number of benzene rings is 2. The van der Waals surface area contributed by atoms with Crippen LogP contribution < -0.4 is 5.32 Å². The molecule has 0 spiro atoms. The van der Waals surface area contributed by atoms with Gasteiger partial charge in [-0.05, 0) is 36.1 Å². The molecule has 0 radical (unpaired) electrons. The molecule has 1 amide bonds. The predicted molar refractivity (Wildman–Crippen MR) is 94.1 cm³/mol. The summed E-state index contributed by atoms with van der Waals surface area (Å²) in [4.78, 5) is 13.3. The average Bonchev–Trinajstić information content (AvgIpc) is 3.04. The molecule has 0 bridgehead atoms. The summed E-state index contributed by atoms with van der Waals surface area (Å²) in [6, 6.07) is 17.6. The quantitative estimate of drug-likeness (QED) is 0.727. The summed E-state index contributed by atoms with van der Waals surface area (Å²) < 4.78 is 1.78. The molecular weight excluding hydrogens is 306 g/mol. The Bertz CT molecular complexity index is 799. The van der Waals surface area contributed by atoms with Crippen LogP contribution in [0.15, 0.2) is 71.9 Å². The molecule has 0 fully saturated rings. The molecule has 0 aliphatic heterocycles.